The molecule has 2 N–H and O–H groups in total. The standard InChI is InChI=1S/C19H31N5O2/c1-6-20-19(22-13-18-23-14(4)15(5)26-18)21-12-16(24(7-2)8-3)17-10-9-11-25-17/h9-11,16H,6-8,12-13H2,1-5H3,(H2,20,21,22). The summed E-state index contributed by atoms with van der Waals surface area (Å²) in [4.78, 5) is 11.3. The van der Waals surface area contributed by atoms with Crippen LogP contribution in [0.5, 0.6) is 0 Å². The maximum atomic E-state index is 5.65. The fourth-order valence-electron chi connectivity index (χ4n) is 2.84. The molecule has 2 aromatic rings. The highest BCUT2D eigenvalue weighted by Crippen LogP contribution is 2.20. The largest absolute Gasteiger partial charge is 0.468 e. The van der Waals surface area contributed by atoms with E-state index in [1.165, 1.54) is 0 Å². The molecule has 0 aliphatic carbocycles. The van der Waals surface area contributed by atoms with E-state index in [2.05, 4.69) is 39.4 Å². The van der Waals surface area contributed by atoms with Gasteiger partial charge in [0.1, 0.15) is 18.1 Å². The van der Waals surface area contributed by atoms with E-state index >= 15 is 0 Å². The molecule has 2 rings (SSSR count). The van der Waals surface area contributed by atoms with Gasteiger partial charge in [-0.3, -0.25) is 4.90 Å². The number of rotatable bonds is 9. The normalized spacial score (nSPS) is 13.2. The van der Waals surface area contributed by atoms with Gasteiger partial charge in [0.15, 0.2) is 5.96 Å². The maximum Gasteiger partial charge on any atom is 0.216 e. The van der Waals surface area contributed by atoms with Gasteiger partial charge in [-0.25, -0.2) is 9.98 Å². The van der Waals surface area contributed by atoms with Crippen LogP contribution < -0.4 is 10.6 Å². The predicted octanol–water partition coefficient (Wildman–Crippen LogP) is 3.02. The van der Waals surface area contributed by atoms with Gasteiger partial charge in [0, 0.05) is 13.1 Å². The SMILES string of the molecule is CCNC(=NCc1nc(C)c(C)o1)NCC(c1ccco1)N(CC)CC. The first kappa shape index (κ1) is 20.0. The molecule has 0 spiro atoms. The molecule has 1 unspecified atom stereocenters. The zero-order chi connectivity index (χ0) is 18.9. The number of likely N-dealkylation sites (N-methyl/N-ethyl adjacent to an activating group) is 1. The Morgan fingerprint density at radius 2 is 2.00 bits per heavy atom. The lowest BCUT2D eigenvalue weighted by Crippen LogP contribution is -2.43. The Bertz CT molecular complexity index is 655. The monoisotopic (exact) mass is 361 g/mol. The third-order valence-corrected chi connectivity index (χ3v) is 4.38. The quantitative estimate of drug-likeness (QED) is 0.528. The number of aliphatic imine (C=N–C) groups is 1. The van der Waals surface area contributed by atoms with Gasteiger partial charge in [0.25, 0.3) is 0 Å². The molecule has 0 aromatic carbocycles. The van der Waals surface area contributed by atoms with Crippen LogP contribution in [0.3, 0.4) is 0 Å². The summed E-state index contributed by atoms with van der Waals surface area (Å²) in [7, 11) is 0. The van der Waals surface area contributed by atoms with Crippen LogP contribution in [0.4, 0.5) is 0 Å². The van der Waals surface area contributed by atoms with Crippen LogP contribution >= 0.6 is 0 Å². The summed E-state index contributed by atoms with van der Waals surface area (Å²) in [6.45, 7) is 14.0. The molecule has 0 fully saturated rings. The van der Waals surface area contributed by atoms with Crippen LogP contribution in [0.15, 0.2) is 32.2 Å². The van der Waals surface area contributed by atoms with Gasteiger partial charge in [-0.2, -0.15) is 0 Å². The Labute approximate surface area is 155 Å². The molecular weight excluding hydrogens is 330 g/mol. The van der Waals surface area contributed by atoms with Gasteiger partial charge in [0.05, 0.1) is 18.0 Å². The van der Waals surface area contributed by atoms with Gasteiger partial charge in [-0.05, 0) is 46.0 Å². The lowest BCUT2D eigenvalue weighted by atomic mass is 10.2. The molecule has 0 saturated carbocycles. The summed E-state index contributed by atoms with van der Waals surface area (Å²) in [6.07, 6.45) is 1.72. The van der Waals surface area contributed by atoms with Crippen molar-refractivity contribution >= 4 is 5.96 Å². The van der Waals surface area contributed by atoms with E-state index in [1.807, 2.05) is 32.9 Å². The minimum absolute atomic E-state index is 0.148. The molecule has 0 aliphatic heterocycles. The third-order valence-electron chi connectivity index (χ3n) is 4.38. The Kier molecular flexibility index (Phi) is 7.72. The molecule has 0 aliphatic rings. The van der Waals surface area contributed by atoms with E-state index < -0.39 is 0 Å². The molecule has 2 aromatic heterocycles. The van der Waals surface area contributed by atoms with E-state index in [9.17, 15) is 0 Å². The number of guanidine groups is 1. The van der Waals surface area contributed by atoms with E-state index in [0.717, 1.165) is 42.8 Å². The average Bonchev–Trinajstić information content (AvgIpc) is 3.26. The van der Waals surface area contributed by atoms with Crippen LogP contribution in [0.25, 0.3) is 0 Å². The fourth-order valence-corrected chi connectivity index (χ4v) is 2.84. The second kappa shape index (κ2) is 10.0. The molecule has 26 heavy (non-hydrogen) atoms. The molecule has 7 nitrogen and oxygen atoms in total. The van der Waals surface area contributed by atoms with Gasteiger partial charge in [-0.15, -0.1) is 0 Å². The molecular formula is C19H31N5O2. The van der Waals surface area contributed by atoms with Crippen molar-refractivity contribution in [3.8, 4) is 0 Å². The van der Waals surface area contributed by atoms with Gasteiger partial charge >= 0.3 is 0 Å². The van der Waals surface area contributed by atoms with Crippen molar-refractivity contribution in [3.05, 3.63) is 41.5 Å². The van der Waals surface area contributed by atoms with Crippen molar-refractivity contribution in [1.82, 2.24) is 20.5 Å². The summed E-state index contributed by atoms with van der Waals surface area (Å²) in [5, 5.41) is 6.69. The summed E-state index contributed by atoms with van der Waals surface area (Å²) < 4.78 is 11.3. The maximum absolute atomic E-state index is 5.65. The van der Waals surface area contributed by atoms with Crippen LogP contribution in [0, 0.1) is 13.8 Å². The number of hydrogen-bond acceptors (Lipinski definition) is 5. The Morgan fingerprint density at radius 3 is 2.54 bits per heavy atom. The number of furan rings is 1. The Balaban J connectivity index is 2.05. The predicted molar refractivity (Wildman–Crippen MR) is 103 cm³/mol. The average molecular weight is 361 g/mol. The van der Waals surface area contributed by atoms with Crippen LogP contribution in [0.2, 0.25) is 0 Å². The van der Waals surface area contributed by atoms with Crippen molar-refractivity contribution < 1.29 is 8.83 Å². The van der Waals surface area contributed by atoms with E-state index in [1.54, 1.807) is 6.26 Å². The summed E-state index contributed by atoms with van der Waals surface area (Å²) in [5.41, 5.74) is 0.910. The molecule has 0 amide bonds. The van der Waals surface area contributed by atoms with Gasteiger partial charge in [0.2, 0.25) is 5.89 Å². The highest BCUT2D eigenvalue weighted by Gasteiger charge is 2.20. The van der Waals surface area contributed by atoms with Crippen molar-refractivity contribution in [1.29, 1.82) is 0 Å². The van der Waals surface area contributed by atoms with Crippen LogP contribution in [-0.2, 0) is 6.54 Å². The fraction of sp³-hybridized carbons (Fsp3) is 0.579. The molecule has 1 atom stereocenters. The molecule has 0 saturated heterocycles. The van der Waals surface area contributed by atoms with E-state index in [-0.39, 0.29) is 6.04 Å². The highest BCUT2D eigenvalue weighted by molar-refractivity contribution is 5.79. The second-order valence-electron chi connectivity index (χ2n) is 6.08. The van der Waals surface area contributed by atoms with E-state index in [0.29, 0.717) is 19.0 Å². The highest BCUT2D eigenvalue weighted by atomic mass is 16.4. The Hall–Kier alpha value is -2.28. The number of oxazole rings is 1. The lowest BCUT2D eigenvalue weighted by Gasteiger charge is -2.28. The summed E-state index contributed by atoms with van der Waals surface area (Å²) in [6, 6.07) is 4.10. The number of aromatic nitrogens is 1. The zero-order valence-electron chi connectivity index (χ0n) is 16.5. The topological polar surface area (TPSA) is 78.8 Å². The molecule has 2 heterocycles. The van der Waals surface area contributed by atoms with Crippen molar-refractivity contribution in [3.63, 3.8) is 0 Å². The minimum atomic E-state index is 0.148. The first-order valence-corrected chi connectivity index (χ1v) is 9.31. The van der Waals surface area contributed by atoms with Gasteiger partial charge < -0.3 is 19.5 Å². The number of aryl methyl sites for hydroxylation is 2. The Morgan fingerprint density at radius 1 is 1.23 bits per heavy atom. The lowest BCUT2D eigenvalue weighted by molar-refractivity contribution is 0.193. The van der Waals surface area contributed by atoms with Crippen molar-refractivity contribution in [2.75, 3.05) is 26.2 Å². The molecule has 7 heteroatoms. The smallest absolute Gasteiger partial charge is 0.216 e. The van der Waals surface area contributed by atoms with Crippen LogP contribution in [-0.4, -0.2) is 42.0 Å². The number of nitrogens with zero attached hydrogens (tertiary/aromatic N) is 3. The van der Waals surface area contributed by atoms with Gasteiger partial charge in [-0.1, -0.05) is 13.8 Å². The van der Waals surface area contributed by atoms with Crippen molar-refractivity contribution in [2.24, 2.45) is 4.99 Å². The first-order chi connectivity index (χ1) is 12.6. The summed E-state index contributed by atoms with van der Waals surface area (Å²) in [5.74, 6) is 3.16. The zero-order valence-corrected chi connectivity index (χ0v) is 16.5. The first-order valence-electron chi connectivity index (χ1n) is 9.31. The molecule has 0 radical (unpaired) electrons. The van der Waals surface area contributed by atoms with E-state index in [4.69, 9.17) is 8.83 Å². The number of hydrogen-bond donors (Lipinski definition) is 2. The van der Waals surface area contributed by atoms with Crippen molar-refractivity contribution in [2.45, 2.75) is 47.2 Å². The second-order valence-corrected chi connectivity index (χ2v) is 6.08. The summed E-state index contributed by atoms with van der Waals surface area (Å²) >= 11 is 0. The van der Waals surface area contributed by atoms with Crippen LogP contribution in [0.1, 0.15) is 49.9 Å². The number of nitrogens with one attached hydrogen (secondary N) is 2. The molecule has 0 bridgehead atoms. The minimum Gasteiger partial charge on any atom is -0.468 e. The third kappa shape index (κ3) is 5.36. The molecule has 144 valence electrons.